The normalized spacial score (nSPS) is 12.5. The van der Waals surface area contributed by atoms with Gasteiger partial charge in [0.2, 0.25) is 0 Å². The number of aliphatic hydroxyl groups is 1. The van der Waals surface area contributed by atoms with Gasteiger partial charge >= 0.3 is 0 Å². The fourth-order valence-corrected chi connectivity index (χ4v) is 1.81. The molecular formula is C14H19N3O2. The molecule has 5 heteroatoms. The van der Waals surface area contributed by atoms with Crippen LogP contribution in [0.15, 0.2) is 18.2 Å². The van der Waals surface area contributed by atoms with Crippen molar-refractivity contribution in [2.75, 3.05) is 0 Å². The van der Waals surface area contributed by atoms with Gasteiger partial charge < -0.3 is 14.4 Å². The van der Waals surface area contributed by atoms with Crippen molar-refractivity contribution in [3.8, 4) is 5.75 Å². The summed E-state index contributed by atoms with van der Waals surface area (Å²) >= 11 is 0. The van der Waals surface area contributed by atoms with Crippen molar-refractivity contribution >= 4 is 0 Å². The van der Waals surface area contributed by atoms with Crippen LogP contribution in [0.3, 0.4) is 0 Å². The molecule has 0 aliphatic heterocycles. The maximum atomic E-state index is 9.52. The van der Waals surface area contributed by atoms with E-state index in [-0.39, 0.29) is 0 Å². The molecule has 0 aliphatic rings. The van der Waals surface area contributed by atoms with Crippen LogP contribution in [0.1, 0.15) is 35.8 Å². The highest BCUT2D eigenvalue weighted by Gasteiger charge is 2.08. The third-order valence-corrected chi connectivity index (χ3v) is 3.22. The molecule has 0 aliphatic carbocycles. The maximum Gasteiger partial charge on any atom is 0.170 e. The average molecular weight is 261 g/mol. The van der Waals surface area contributed by atoms with Crippen LogP contribution >= 0.6 is 0 Å². The van der Waals surface area contributed by atoms with E-state index in [9.17, 15) is 5.11 Å². The molecule has 1 aromatic heterocycles. The summed E-state index contributed by atoms with van der Waals surface area (Å²) in [5, 5.41) is 17.6. The lowest BCUT2D eigenvalue weighted by atomic mass is 10.1. The van der Waals surface area contributed by atoms with Gasteiger partial charge in [0.25, 0.3) is 0 Å². The second-order valence-electron chi connectivity index (χ2n) is 4.71. The Bertz CT molecular complexity index is 576. The lowest BCUT2D eigenvalue weighted by Crippen LogP contribution is -2.05. The summed E-state index contributed by atoms with van der Waals surface area (Å²) in [5.41, 5.74) is 1.89. The van der Waals surface area contributed by atoms with Gasteiger partial charge in [0.15, 0.2) is 5.82 Å². The Labute approximate surface area is 112 Å². The van der Waals surface area contributed by atoms with Crippen LogP contribution < -0.4 is 4.74 Å². The fraction of sp³-hybridized carbons (Fsp3) is 0.429. The highest BCUT2D eigenvalue weighted by molar-refractivity contribution is 5.36. The zero-order valence-electron chi connectivity index (χ0n) is 11.7. The molecule has 1 atom stereocenters. The summed E-state index contributed by atoms with van der Waals surface area (Å²) in [6.45, 7) is 5.99. The Kier molecular flexibility index (Phi) is 3.85. The molecule has 2 aromatic rings. The van der Waals surface area contributed by atoms with Gasteiger partial charge in [-0.2, -0.15) is 0 Å². The number of hydrogen-bond donors (Lipinski definition) is 1. The lowest BCUT2D eigenvalue weighted by Gasteiger charge is -2.11. The Morgan fingerprint density at radius 1 is 1.32 bits per heavy atom. The molecule has 0 bridgehead atoms. The predicted molar refractivity (Wildman–Crippen MR) is 71.9 cm³/mol. The Hall–Kier alpha value is -1.88. The number of aromatic nitrogens is 3. The van der Waals surface area contributed by atoms with Crippen LogP contribution in [0.25, 0.3) is 0 Å². The Balaban J connectivity index is 2.10. The van der Waals surface area contributed by atoms with Crippen molar-refractivity contribution in [1.29, 1.82) is 0 Å². The van der Waals surface area contributed by atoms with Crippen LogP contribution in [0, 0.1) is 13.8 Å². The van der Waals surface area contributed by atoms with E-state index in [1.54, 1.807) is 6.92 Å². The molecule has 0 fully saturated rings. The largest absolute Gasteiger partial charge is 0.485 e. The summed E-state index contributed by atoms with van der Waals surface area (Å²) in [6, 6.07) is 5.68. The van der Waals surface area contributed by atoms with Gasteiger partial charge in [0, 0.05) is 7.05 Å². The fourth-order valence-electron chi connectivity index (χ4n) is 1.81. The second-order valence-corrected chi connectivity index (χ2v) is 4.71. The SMILES string of the molecule is Cc1cc(C(C)O)ccc1OCc1nnc(C)n1C. The number of ether oxygens (including phenoxy) is 1. The molecule has 5 nitrogen and oxygen atoms in total. The lowest BCUT2D eigenvalue weighted by molar-refractivity contribution is 0.199. The van der Waals surface area contributed by atoms with Gasteiger partial charge in [-0.05, 0) is 44.0 Å². The monoisotopic (exact) mass is 261 g/mol. The van der Waals surface area contributed by atoms with Gasteiger partial charge in [-0.25, -0.2) is 0 Å². The molecule has 19 heavy (non-hydrogen) atoms. The first-order valence-electron chi connectivity index (χ1n) is 6.25. The van der Waals surface area contributed by atoms with Crippen molar-refractivity contribution in [2.24, 2.45) is 7.05 Å². The minimum atomic E-state index is -0.464. The first kappa shape index (κ1) is 13.5. The molecule has 1 N–H and O–H groups in total. The van der Waals surface area contributed by atoms with E-state index in [4.69, 9.17) is 4.74 Å². The summed E-state index contributed by atoms with van der Waals surface area (Å²) in [4.78, 5) is 0. The predicted octanol–water partition coefficient (Wildman–Crippen LogP) is 2.06. The molecule has 0 spiro atoms. The Morgan fingerprint density at radius 3 is 2.58 bits per heavy atom. The number of rotatable bonds is 4. The van der Waals surface area contributed by atoms with Gasteiger partial charge in [-0.1, -0.05) is 6.07 Å². The molecule has 1 heterocycles. The molecule has 0 radical (unpaired) electrons. The van der Waals surface area contributed by atoms with Gasteiger partial charge in [0.1, 0.15) is 18.2 Å². The van der Waals surface area contributed by atoms with Crippen molar-refractivity contribution in [3.05, 3.63) is 41.0 Å². The molecule has 0 saturated heterocycles. The molecular weight excluding hydrogens is 242 g/mol. The minimum Gasteiger partial charge on any atom is -0.485 e. The molecule has 1 aromatic carbocycles. The quantitative estimate of drug-likeness (QED) is 0.915. The standard InChI is InChI=1S/C14H19N3O2/c1-9-7-12(10(2)18)5-6-13(9)19-8-14-16-15-11(3)17(14)4/h5-7,10,18H,8H2,1-4H3. The van der Waals surface area contributed by atoms with Crippen LogP contribution in [-0.4, -0.2) is 19.9 Å². The van der Waals surface area contributed by atoms with Crippen LogP contribution in [0.5, 0.6) is 5.75 Å². The van der Waals surface area contributed by atoms with E-state index < -0.39 is 6.10 Å². The zero-order chi connectivity index (χ0) is 14.0. The van der Waals surface area contributed by atoms with Crippen LogP contribution in [0.2, 0.25) is 0 Å². The van der Waals surface area contributed by atoms with E-state index in [0.29, 0.717) is 6.61 Å². The van der Waals surface area contributed by atoms with Crippen LogP contribution in [-0.2, 0) is 13.7 Å². The smallest absolute Gasteiger partial charge is 0.170 e. The summed E-state index contributed by atoms with van der Waals surface area (Å²) < 4.78 is 7.65. The van der Waals surface area contributed by atoms with E-state index in [1.165, 1.54) is 0 Å². The number of aliphatic hydroxyl groups excluding tert-OH is 1. The maximum absolute atomic E-state index is 9.52. The first-order valence-corrected chi connectivity index (χ1v) is 6.25. The molecule has 102 valence electrons. The van der Waals surface area contributed by atoms with Crippen molar-refractivity contribution in [3.63, 3.8) is 0 Å². The highest BCUT2D eigenvalue weighted by Crippen LogP contribution is 2.23. The topological polar surface area (TPSA) is 60.2 Å². The molecule has 1 unspecified atom stereocenters. The highest BCUT2D eigenvalue weighted by atomic mass is 16.5. The van der Waals surface area contributed by atoms with Gasteiger partial charge in [-0.15, -0.1) is 10.2 Å². The van der Waals surface area contributed by atoms with Gasteiger partial charge in [0.05, 0.1) is 6.10 Å². The van der Waals surface area contributed by atoms with E-state index >= 15 is 0 Å². The number of benzene rings is 1. The summed E-state index contributed by atoms with van der Waals surface area (Å²) in [5.74, 6) is 2.45. The van der Waals surface area contributed by atoms with Crippen molar-refractivity contribution < 1.29 is 9.84 Å². The van der Waals surface area contributed by atoms with Crippen LogP contribution in [0.4, 0.5) is 0 Å². The molecule has 0 saturated carbocycles. The number of nitrogens with zero attached hydrogens (tertiary/aromatic N) is 3. The van der Waals surface area contributed by atoms with Crippen molar-refractivity contribution in [1.82, 2.24) is 14.8 Å². The second kappa shape index (κ2) is 5.40. The third kappa shape index (κ3) is 2.93. The number of hydrogen-bond acceptors (Lipinski definition) is 4. The van der Waals surface area contributed by atoms with Gasteiger partial charge in [-0.3, -0.25) is 0 Å². The molecule has 0 amide bonds. The van der Waals surface area contributed by atoms with E-state index in [1.807, 2.05) is 43.7 Å². The summed E-state index contributed by atoms with van der Waals surface area (Å²) in [6.07, 6.45) is -0.464. The average Bonchev–Trinajstić information content (AvgIpc) is 2.68. The van der Waals surface area contributed by atoms with E-state index in [0.717, 1.165) is 28.5 Å². The first-order chi connectivity index (χ1) is 8.99. The number of aryl methyl sites for hydroxylation is 2. The minimum absolute atomic E-state index is 0.381. The summed E-state index contributed by atoms with van der Waals surface area (Å²) in [7, 11) is 1.91. The Morgan fingerprint density at radius 2 is 2.05 bits per heavy atom. The zero-order valence-corrected chi connectivity index (χ0v) is 11.7. The van der Waals surface area contributed by atoms with E-state index in [2.05, 4.69) is 10.2 Å². The molecule has 2 rings (SSSR count). The van der Waals surface area contributed by atoms with Crippen molar-refractivity contribution in [2.45, 2.75) is 33.5 Å². The third-order valence-electron chi connectivity index (χ3n) is 3.22.